The Labute approximate surface area is 127 Å². The fraction of sp³-hybridized carbons (Fsp3) is 0.143. The summed E-state index contributed by atoms with van der Waals surface area (Å²) in [7, 11) is -2.34. The van der Waals surface area contributed by atoms with Gasteiger partial charge in [0.15, 0.2) is 0 Å². The van der Waals surface area contributed by atoms with Crippen LogP contribution in [0.2, 0.25) is 0 Å². The second-order valence-electron chi connectivity index (χ2n) is 4.54. The van der Waals surface area contributed by atoms with Crippen molar-refractivity contribution in [1.82, 2.24) is 0 Å². The Bertz CT molecular complexity index is 800. The molecule has 2 aromatic rings. The van der Waals surface area contributed by atoms with Crippen LogP contribution in [0.25, 0.3) is 0 Å². The number of rotatable bonds is 5. The number of nitro groups is 1. The number of anilines is 1. The van der Waals surface area contributed by atoms with Crippen LogP contribution in [0, 0.1) is 17.0 Å². The van der Waals surface area contributed by atoms with E-state index in [2.05, 4.69) is 4.72 Å². The van der Waals surface area contributed by atoms with Gasteiger partial charge in [-0.1, -0.05) is 6.07 Å². The molecule has 0 aliphatic rings. The minimum absolute atomic E-state index is 0.0385. The summed E-state index contributed by atoms with van der Waals surface area (Å²) in [5, 5.41) is 10.9. The average Bonchev–Trinajstić information content (AvgIpc) is 2.48. The first-order chi connectivity index (χ1) is 10.3. The van der Waals surface area contributed by atoms with Crippen LogP contribution in [-0.2, 0) is 10.0 Å². The lowest BCUT2D eigenvalue weighted by molar-refractivity contribution is -0.385. The van der Waals surface area contributed by atoms with Gasteiger partial charge in [-0.15, -0.1) is 0 Å². The first-order valence-electron chi connectivity index (χ1n) is 6.25. The molecule has 0 unspecified atom stereocenters. The van der Waals surface area contributed by atoms with E-state index >= 15 is 0 Å². The predicted molar refractivity (Wildman–Crippen MR) is 81.6 cm³/mol. The second kappa shape index (κ2) is 6.02. The SMILES string of the molecule is COc1ccc(S(=O)(=O)Nc2ccc(C)c([N+](=O)[O-])c2)cc1. The molecule has 1 N–H and O–H groups in total. The third kappa shape index (κ3) is 3.34. The van der Waals surface area contributed by atoms with Crippen molar-refractivity contribution in [2.24, 2.45) is 0 Å². The van der Waals surface area contributed by atoms with E-state index in [1.165, 1.54) is 49.6 Å². The summed E-state index contributed by atoms with van der Waals surface area (Å²) >= 11 is 0. The molecule has 2 aromatic carbocycles. The van der Waals surface area contributed by atoms with Crippen molar-refractivity contribution in [2.45, 2.75) is 11.8 Å². The Kier molecular flexibility index (Phi) is 4.32. The quantitative estimate of drug-likeness (QED) is 0.674. The lowest BCUT2D eigenvalue weighted by Crippen LogP contribution is -2.13. The van der Waals surface area contributed by atoms with Crippen LogP contribution in [0.3, 0.4) is 0 Å². The van der Waals surface area contributed by atoms with Gasteiger partial charge in [0.05, 0.1) is 22.6 Å². The van der Waals surface area contributed by atoms with E-state index in [0.717, 1.165) is 0 Å². The zero-order valence-corrected chi connectivity index (χ0v) is 12.8. The number of benzene rings is 2. The molecule has 0 aliphatic heterocycles. The third-order valence-electron chi connectivity index (χ3n) is 3.03. The van der Waals surface area contributed by atoms with Gasteiger partial charge in [0.25, 0.3) is 15.7 Å². The zero-order valence-electron chi connectivity index (χ0n) is 11.9. The fourth-order valence-electron chi connectivity index (χ4n) is 1.84. The molecule has 0 saturated carbocycles. The van der Waals surface area contributed by atoms with Crippen LogP contribution < -0.4 is 9.46 Å². The molecule has 0 atom stereocenters. The molecule has 0 saturated heterocycles. The molecule has 0 aliphatic carbocycles. The number of nitrogens with zero attached hydrogens (tertiary/aromatic N) is 1. The van der Waals surface area contributed by atoms with Crippen LogP contribution in [0.4, 0.5) is 11.4 Å². The number of ether oxygens (including phenoxy) is 1. The van der Waals surface area contributed by atoms with E-state index in [-0.39, 0.29) is 16.3 Å². The molecule has 116 valence electrons. The molecule has 0 heterocycles. The Balaban J connectivity index is 2.32. The van der Waals surface area contributed by atoms with Crippen molar-refractivity contribution in [1.29, 1.82) is 0 Å². The summed E-state index contributed by atoms with van der Waals surface area (Å²) in [5.74, 6) is 0.532. The summed E-state index contributed by atoms with van der Waals surface area (Å²) in [4.78, 5) is 10.4. The highest BCUT2D eigenvalue weighted by atomic mass is 32.2. The van der Waals surface area contributed by atoms with E-state index in [9.17, 15) is 18.5 Å². The molecule has 0 aromatic heterocycles. The Morgan fingerprint density at radius 2 is 1.77 bits per heavy atom. The highest BCUT2D eigenvalue weighted by Gasteiger charge is 2.17. The van der Waals surface area contributed by atoms with E-state index in [1.807, 2.05) is 0 Å². The molecule has 22 heavy (non-hydrogen) atoms. The highest BCUT2D eigenvalue weighted by Crippen LogP contribution is 2.25. The monoisotopic (exact) mass is 322 g/mol. The molecule has 7 nitrogen and oxygen atoms in total. The van der Waals surface area contributed by atoms with Crippen molar-refractivity contribution >= 4 is 21.4 Å². The van der Waals surface area contributed by atoms with E-state index < -0.39 is 14.9 Å². The molecule has 0 amide bonds. The standard InChI is InChI=1S/C14H14N2O5S/c1-10-3-4-11(9-14(10)16(17)18)15-22(19,20)13-7-5-12(21-2)6-8-13/h3-9,15H,1-2H3. The van der Waals surface area contributed by atoms with Crippen LogP contribution in [-0.4, -0.2) is 20.5 Å². The van der Waals surface area contributed by atoms with Gasteiger partial charge in [-0.25, -0.2) is 8.42 Å². The van der Waals surface area contributed by atoms with Gasteiger partial charge in [0.1, 0.15) is 5.75 Å². The fourth-order valence-corrected chi connectivity index (χ4v) is 2.89. The second-order valence-corrected chi connectivity index (χ2v) is 6.22. The number of sulfonamides is 1. The molecule has 0 bridgehead atoms. The summed E-state index contributed by atoms with van der Waals surface area (Å²) in [6.07, 6.45) is 0. The van der Waals surface area contributed by atoms with Gasteiger partial charge in [-0.3, -0.25) is 14.8 Å². The maximum absolute atomic E-state index is 12.2. The van der Waals surface area contributed by atoms with Gasteiger partial charge in [0, 0.05) is 11.6 Å². The number of methoxy groups -OCH3 is 1. The number of hydrogen-bond donors (Lipinski definition) is 1. The number of nitro benzene ring substituents is 1. The first kappa shape index (κ1) is 15.8. The average molecular weight is 322 g/mol. The minimum atomic E-state index is -3.82. The summed E-state index contributed by atoms with van der Waals surface area (Å²) < 4.78 is 31.8. The first-order valence-corrected chi connectivity index (χ1v) is 7.74. The van der Waals surface area contributed by atoms with Crippen LogP contribution >= 0.6 is 0 Å². The zero-order chi connectivity index (χ0) is 16.3. The molecular weight excluding hydrogens is 308 g/mol. The topological polar surface area (TPSA) is 98.5 Å². The maximum atomic E-state index is 12.2. The summed E-state index contributed by atoms with van der Waals surface area (Å²) in [6, 6.07) is 9.98. The van der Waals surface area contributed by atoms with E-state index in [0.29, 0.717) is 11.3 Å². The Hall–Kier alpha value is -2.61. The molecule has 0 fully saturated rings. The minimum Gasteiger partial charge on any atom is -0.497 e. The Morgan fingerprint density at radius 3 is 2.32 bits per heavy atom. The predicted octanol–water partition coefficient (Wildman–Crippen LogP) is 2.71. The molecule has 0 spiro atoms. The molecule has 2 rings (SSSR count). The van der Waals surface area contributed by atoms with Gasteiger partial charge < -0.3 is 4.74 Å². The van der Waals surface area contributed by atoms with E-state index in [4.69, 9.17) is 4.74 Å². The lowest BCUT2D eigenvalue weighted by atomic mass is 10.2. The van der Waals surface area contributed by atoms with Crippen LogP contribution in [0.1, 0.15) is 5.56 Å². The van der Waals surface area contributed by atoms with Gasteiger partial charge in [-0.05, 0) is 37.3 Å². The molecule has 8 heteroatoms. The van der Waals surface area contributed by atoms with E-state index in [1.54, 1.807) is 6.92 Å². The molecule has 0 radical (unpaired) electrons. The van der Waals surface area contributed by atoms with Gasteiger partial charge in [-0.2, -0.15) is 0 Å². The van der Waals surface area contributed by atoms with Gasteiger partial charge in [0.2, 0.25) is 0 Å². The number of nitrogens with one attached hydrogen (secondary N) is 1. The summed E-state index contributed by atoms with van der Waals surface area (Å²) in [5.41, 5.74) is 0.445. The normalized spacial score (nSPS) is 11.0. The highest BCUT2D eigenvalue weighted by molar-refractivity contribution is 7.92. The maximum Gasteiger partial charge on any atom is 0.274 e. The van der Waals surface area contributed by atoms with Crippen LogP contribution in [0.5, 0.6) is 5.75 Å². The van der Waals surface area contributed by atoms with Crippen molar-refractivity contribution in [3.05, 3.63) is 58.1 Å². The lowest BCUT2D eigenvalue weighted by Gasteiger charge is -2.09. The van der Waals surface area contributed by atoms with Gasteiger partial charge >= 0.3 is 0 Å². The van der Waals surface area contributed by atoms with Crippen molar-refractivity contribution in [2.75, 3.05) is 11.8 Å². The Morgan fingerprint density at radius 1 is 1.14 bits per heavy atom. The largest absolute Gasteiger partial charge is 0.497 e. The number of aryl methyl sites for hydroxylation is 1. The van der Waals surface area contributed by atoms with Crippen molar-refractivity contribution < 1.29 is 18.1 Å². The van der Waals surface area contributed by atoms with Crippen molar-refractivity contribution in [3.63, 3.8) is 0 Å². The smallest absolute Gasteiger partial charge is 0.274 e. The van der Waals surface area contributed by atoms with Crippen LogP contribution in [0.15, 0.2) is 47.4 Å². The van der Waals surface area contributed by atoms with Crippen molar-refractivity contribution in [3.8, 4) is 5.75 Å². The third-order valence-corrected chi connectivity index (χ3v) is 4.42. The molecular formula is C14H14N2O5S. The summed E-state index contributed by atoms with van der Waals surface area (Å²) in [6.45, 7) is 1.58. The number of hydrogen-bond acceptors (Lipinski definition) is 5.